The molecule has 32 heavy (non-hydrogen) atoms. The first-order valence-electron chi connectivity index (χ1n) is 10.3. The number of aliphatic hydroxyl groups excluding tert-OH is 1. The number of hydrogen-bond acceptors (Lipinski definition) is 9. The molecule has 10 nitrogen and oxygen atoms in total. The highest BCUT2D eigenvalue weighted by Gasteiger charge is 2.71. The van der Waals surface area contributed by atoms with Gasteiger partial charge >= 0.3 is 0 Å². The van der Waals surface area contributed by atoms with Crippen LogP contribution in [0.4, 0.5) is 0 Å². The highest BCUT2D eigenvalue weighted by Crippen LogP contribution is 2.56. The minimum absolute atomic E-state index is 0.140. The maximum atomic E-state index is 13.7. The number of carbonyl (C=O) groups is 4. The van der Waals surface area contributed by atoms with Crippen molar-refractivity contribution in [2.24, 2.45) is 29.4 Å². The predicted octanol–water partition coefficient (Wildman–Crippen LogP) is -1.68. The number of amides is 1. The van der Waals surface area contributed by atoms with E-state index in [1.165, 1.54) is 30.0 Å². The van der Waals surface area contributed by atoms with Gasteiger partial charge in [-0.25, -0.2) is 0 Å². The van der Waals surface area contributed by atoms with Gasteiger partial charge in [0.15, 0.2) is 23.0 Å². The van der Waals surface area contributed by atoms with E-state index in [1.807, 2.05) is 0 Å². The van der Waals surface area contributed by atoms with E-state index in [1.54, 1.807) is 14.1 Å². The summed E-state index contributed by atoms with van der Waals surface area (Å²) in [5.41, 5.74) is 0.702. The summed E-state index contributed by atoms with van der Waals surface area (Å²) < 4.78 is 0. The van der Waals surface area contributed by atoms with Crippen molar-refractivity contribution in [1.29, 1.82) is 0 Å². The number of carbonyl (C=O) groups excluding carboxylic acids is 4. The zero-order valence-corrected chi connectivity index (χ0v) is 17.8. The lowest BCUT2D eigenvalue weighted by Gasteiger charge is -2.57. The smallest absolute Gasteiger partial charge is 0.230 e. The molecule has 1 aromatic carbocycles. The van der Waals surface area contributed by atoms with Gasteiger partial charge in [0.2, 0.25) is 5.91 Å². The van der Waals surface area contributed by atoms with Crippen LogP contribution in [-0.4, -0.2) is 80.4 Å². The number of likely N-dealkylation sites (N-methyl/N-ethyl adjacent to an activating group) is 1. The molecule has 0 heterocycles. The number of hydrogen-bond donors (Lipinski definition) is 5. The SMILES string of the molecule is CN(C)[C@@H]1C(O)C(C(N)=O)C(=O)[C@@]2(O)C(=O)C3C(=O)c4c(O)cccc4[C@@](C)(O)C3C[C@@H]12. The number of primary amides is 1. The van der Waals surface area contributed by atoms with Crippen LogP contribution in [0.25, 0.3) is 0 Å². The number of benzene rings is 1. The van der Waals surface area contributed by atoms with Crippen LogP contribution in [0.5, 0.6) is 5.75 Å². The molecular weight excluding hydrogens is 420 g/mol. The standard InChI is InChI=1S/C22H26N2O8/c1-21(31)8-5-4-6-11(25)12(8)16(26)13-9(21)7-10-15(24(2)3)17(27)14(20(23)30)19(29)22(10,32)18(13)28/h4-6,9-10,13-15,17,25,27,31-32H,7H2,1-3H3,(H2,23,30)/t9?,10-,13?,14?,15-,17?,21+,22-/m0/s1. The maximum absolute atomic E-state index is 13.7. The fourth-order valence-electron chi connectivity index (χ4n) is 6.10. The number of phenolic OH excluding ortho intramolecular Hbond substituents is 1. The number of ketones is 3. The summed E-state index contributed by atoms with van der Waals surface area (Å²) in [4.78, 5) is 53.6. The molecule has 8 atom stereocenters. The van der Waals surface area contributed by atoms with Crippen LogP contribution in [0.3, 0.4) is 0 Å². The Morgan fingerprint density at radius 2 is 1.75 bits per heavy atom. The molecule has 0 radical (unpaired) electrons. The Labute approximate surface area is 183 Å². The van der Waals surface area contributed by atoms with Gasteiger partial charge in [-0.15, -0.1) is 0 Å². The van der Waals surface area contributed by atoms with Crippen LogP contribution in [0.2, 0.25) is 0 Å². The Morgan fingerprint density at radius 1 is 1.12 bits per heavy atom. The third-order valence-corrected chi connectivity index (χ3v) is 7.61. The molecule has 172 valence electrons. The molecule has 2 saturated carbocycles. The average Bonchev–Trinajstić information content (AvgIpc) is 2.68. The Hall–Kier alpha value is -2.66. The minimum Gasteiger partial charge on any atom is -0.507 e. The lowest BCUT2D eigenvalue weighted by Crippen LogP contribution is -2.76. The van der Waals surface area contributed by atoms with Gasteiger partial charge in [0.1, 0.15) is 11.7 Å². The summed E-state index contributed by atoms with van der Waals surface area (Å²) >= 11 is 0. The largest absolute Gasteiger partial charge is 0.507 e. The number of Topliss-reactive ketones (excluding diaryl/α,β-unsaturated/α-hetero) is 3. The highest BCUT2D eigenvalue weighted by atomic mass is 16.3. The van der Waals surface area contributed by atoms with E-state index in [-0.39, 0.29) is 17.5 Å². The Kier molecular flexibility index (Phi) is 4.87. The van der Waals surface area contributed by atoms with Crippen molar-refractivity contribution in [3.8, 4) is 5.75 Å². The zero-order chi connectivity index (χ0) is 23.9. The lowest BCUT2D eigenvalue weighted by atomic mass is 9.49. The van der Waals surface area contributed by atoms with E-state index >= 15 is 0 Å². The summed E-state index contributed by atoms with van der Waals surface area (Å²) in [6, 6.07) is 3.15. The summed E-state index contributed by atoms with van der Waals surface area (Å²) in [6.45, 7) is 1.41. The van der Waals surface area contributed by atoms with Crippen molar-refractivity contribution in [1.82, 2.24) is 4.90 Å². The van der Waals surface area contributed by atoms with Gasteiger partial charge in [-0.05, 0) is 39.1 Å². The van der Waals surface area contributed by atoms with Crippen molar-refractivity contribution < 1.29 is 39.6 Å². The average molecular weight is 446 g/mol. The molecule has 4 unspecified atom stereocenters. The molecule has 0 spiro atoms. The van der Waals surface area contributed by atoms with Crippen molar-refractivity contribution in [2.75, 3.05) is 14.1 Å². The molecular formula is C22H26N2O8. The lowest BCUT2D eigenvalue weighted by molar-refractivity contribution is -0.197. The first-order chi connectivity index (χ1) is 14.8. The Morgan fingerprint density at radius 3 is 2.31 bits per heavy atom. The monoisotopic (exact) mass is 446 g/mol. The minimum atomic E-state index is -2.76. The zero-order valence-electron chi connectivity index (χ0n) is 17.8. The first-order valence-corrected chi connectivity index (χ1v) is 10.3. The second kappa shape index (κ2) is 6.92. The normalized spacial score (nSPS) is 41.2. The number of rotatable bonds is 2. The van der Waals surface area contributed by atoms with Crippen LogP contribution in [0.15, 0.2) is 18.2 Å². The molecule has 1 aromatic rings. The van der Waals surface area contributed by atoms with E-state index in [2.05, 4.69) is 0 Å². The predicted molar refractivity (Wildman–Crippen MR) is 108 cm³/mol. The fraction of sp³-hybridized carbons (Fsp3) is 0.545. The molecule has 2 fully saturated rings. The highest BCUT2D eigenvalue weighted by molar-refractivity contribution is 6.25. The van der Waals surface area contributed by atoms with E-state index in [0.717, 1.165) is 0 Å². The van der Waals surface area contributed by atoms with Crippen molar-refractivity contribution in [2.45, 2.75) is 36.7 Å². The molecule has 4 rings (SSSR count). The van der Waals surface area contributed by atoms with Crippen LogP contribution in [-0.2, 0) is 20.0 Å². The molecule has 3 aliphatic rings. The van der Waals surface area contributed by atoms with Gasteiger partial charge < -0.3 is 31.1 Å². The summed E-state index contributed by atoms with van der Waals surface area (Å²) in [5, 5.41) is 44.0. The second-order valence-corrected chi connectivity index (χ2v) is 9.46. The number of fused-ring (bicyclic) bond motifs is 3. The summed E-state index contributed by atoms with van der Waals surface area (Å²) in [7, 11) is 3.10. The van der Waals surface area contributed by atoms with Crippen LogP contribution < -0.4 is 5.73 Å². The molecule has 0 bridgehead atoms. The maximum Gasteiger partial charge on any atom is 0.230 e. The topological polar surface area (TPSA) is 178 Å². The Bertz CT molecular complexity index is 1050. The molecule has 3 aliphatic carbocycles. The molecule has 6 N–H and O–H groups in total. The van der Waals surface area contributed by atoms with Gasteiger partial charge in [0.25, 0.3) is 0 Å². The van der Waals surface area contributed by atoms with E-state index in [9.17, 15) is 39.6 Å². The number of nitrogens with zero attached hydrogens (tertiary/aromatic N) is 1. The summed E-state index contributed by atoms with van der Waals surface area (Å²) in [5.74, 6) is -10.6. The number of aromatic hydroxyl groups is 1. The fourth-order valence-corrected chi connectivity index (χ4v) is 6.10. The first kappa shape index (κ1) is 22.5. The van der Waals surface area contributed by atoms with Gasteiger partial charge in [-0.1, -0.05) is 12.1 Å². The van der Waals surface area contributed by atoms with Gasteiger partial charge in [-0.3, -0.25) is 19.2 Å². The third-order valence-electron chi connectivity index (χ3n) is 7.61. The molecule has 1 amide bonds. The van der Waals surface area contributed by atoms with Crippen LogP contribution in [0.1, 0.15) is 29.3 Å². The third kappa shape index (κ3) is 2.60. The summed E-state index contributed by atoms with van der Waals surface area (Å²) in [6.07, 6.45) is -1.76. The number of nitrogens with two attached hydrogens (primary N) is 1. The van der Waals surface area contributed by atoms with Crippen LogP contribution >= 0.6 is 0 Å². The quantitative estimate of drug-likeness (QED) is 0.332. The molecule has 0 aliphatic heterocycles. The molecule has 0 saturated heterocycles. The second-order valence-electron chi connectivity index (χ2n) is 9.46. The molecule has 0 aromatic heterocycles. The van der Waals surface area contributed by atoms with Crippen molar-refractivity contribution in [3.05, 3.63) is 29.3 Å². The van der Waals surface area contributed by atoms with Gasteiger partial charge in [-0.2, -0.15) is 0 Å². The number of phenols is 1. The van der Waals surface area contributed by atoms with E-state index < -0.39 is 76.0 Å². The van der Waals surface area contributed by atoms with E-state index in [4.69, 9.17) is 5.73 Å². The van der Waals surface area contributed by atoms with Gasteiger partial charge in [0.05, 0.1) is 23.2 Å². The van der Waals surface area contributed by atoms with E-state index in [0.29, 0.717) is 0 Å². The van der Waals surface area contributed by atoms with Crippen molar-refractivity contribution in [3.63, 3.8) is 0 Å². The number of aliphatic hydroxyl groups is 3. The van der Waals surface area contributed by atoms with Gasteiger partial charge in [0, 0.05) is 17.9 Å². The Balaban J connectivity index is 1.94. The van der Waals surface area contributed by atoms with Crippen molar-refractivity contribution >= 4 is 23.3 Å². The molecule has 10 heteroatoms. The van der Waals surface area contributed by atoms with Crippen LogP contribution in [0, 0.1) is 23.7 Å².